The SMILES string of the molecule is Cc1cc(NC(=O)c2ccc(N[S+]([O-])C3(C)CC3)cc2N2CCC3(CC2)CC3)nc(N2CCC(F)(F)CC2)n1. The van der Waals surface area contributed by atoms with E-state index >= 15 is 0 Å². The molecule has 0 bridgehead atoms. The van der Waals surface area contributed by atoms with Gasteiger partial charge < -0.3 is 19.7 Å². The second-order valence-electron chi connectivity index (χ2n) is 12.0. The summed E-state index contributed by atoms with van der Waals surface area (Å²) in [6, 6.07) is 7.21. The molecule has 1 aromatic heterocycles. The first kappa shape index (κ1) is 26.6. The molecular formula is C28H36F2N6O2S. The summed E-state index contributed by atoms with van der Waals surface area (Å²) in [7, 11) is 0. The third-order valence-corrected chi connectivity index (χ3v) is 10.6. The summed E-state index contributed by atoms with van der Waals surface area (Å²) >= 11 is -1.19. The molecule has 1 spiro atoms. The number of hydrogen-bond acceptors (Lipinski definition) is 7. The van der Waals surface area contributed by atoms with E-state index in [4.69, 9.17) is 0 Å². The summed E-state index contributed by atoms with van der Waals surface area (Å²) in [5.41, 5.74) is 3.21. The van der Waals surface area contributed by atoms with Crippen LogP contribution in [-0.2, 0) is 11.4 Å². The molecule has 3 heterocycles. The Morgan fingerprint density at radius 1 is 0.949 bits per heavy atom. The van der Waals surface area contributed by atoms with Crippen LogP contribution in [0.2, 0.25) is 0 Å². The smallest absolute Gasteiger partial charge is 0.258 e. The zero-order valence-electron chi connectivity index (χ0n) is 22.6. The van der Waals surface area contributed by atoms with Crippen molar-refractivity contribution in [1.29, 1.82) is 0 Å². The summed E-state index contributed by atoms with van der Waals surface area (Å²) in [6.45, 7) is 5.90. The molecule has 4 fully saturated rings. The van der Waals surface area contributed by atoms with Crippen molar-refractivity contribution >= 4 is 40.4 Å². The Morgan fingerprint density at radius 3 is 2.26 bits per heavy atom. The maximum Gasteiger partial charge on any atom is 0.258 e. The van der Waals surface area contributed by atoms with Crippen LogP contribution >= 0.6 is 0 Å². The van der Waals surface area contributed by atoms with Gasteiger partial charge in [-0.2, -0.15) is 4.98 Å². The van der Waals surface area contributed by atoms with E-state index in [0.29, 0.717) is 28.4 Å². The van der Waals surface area contributed by atoms with E-state index in [1.165, 1.54) is 12.8 Å². The zero-order valence-corrected chi connectivity index (χ0v) is 23.4. The molecule has 210 valence electrons. The molecule has 2 saturated carbocycles. The van der Waals surface area contributed by atoms with Crippen molar-refractivity contribution in [2.75, 3.05) is 46.0 Å². The van der Waals surface area contributed by atoms with Gasteiger partial charge >= 0.3 is 0 Å². The van der Waals surface area contributed by atoms with E-state index in [1.807, 2.05) is 13.0 Å². The Bertz CT molecular complexity index is 1250. The fraction of sp³-hybridized carbons (Fsp3) is 0.607. The lowest BCUT2D eigenvalue weighted by Crippen LogP contribution is -2.40. The topological polar surface area (TPSA) is 96.4 Å². The Hall–Kier alpha value is -2.66. The van der Waals surface area contributed by atoms with Gasteiger partial charge in [0, 0.05) is 63.6 Å². The number of amides is 1. The van der Waals surface area contributed by atoms with Crippen LogP contribution in [0.4, 0.5) is 31.9 Å². The lowest BCUT2D eigenvalue weighted by molar-refractivity contribution is -0.0222. The van der Waals surface area contributed by atoms with Crippen molar-refractivity contribution in [2.24, 2.45) is 5.41 Å². The number of carbonyl (C=O) groups is 1. The molecule has 2 aliphatic heterocycles. The van der Waals surface area contributed by atoms with Gasteiger partial charge in [-0.3, -0.25) is 4.79 Å². The number of anilines is 4. The van der Waals surface area contributed by atoms with E-state index in [0.717, 1.165) is 50.1 Å². The van der Waals surface area contributed by atoms with E-state index in [2.05, 4.69) is 24.9 Å². The number of carbonyl (C=O) groups excluding carboxylic acids is 1. The Balaban J connectivity index is 1.23. The molecule has 1 amide bonds. The Morgan fingerprint density at radius 2 is 1.62 bits per heavy atom. The third-order valence-electron chi connectivity index (χ3n) is 8.84. The minimum absolute atomic E-state index is 0.166. The molecule has 2 N–H and O–H groups in total. The van der Waals surface area contributed by atoms with Crippen LogP contribution < -0.4 is 19.8 Å². The van der Waals surface area contributed by atoms with Gasteiger partial charge in [0.2, 0.25) is 5.95 Å². The minimum atomic E-state index is -2.66. The summed E-state index contributed by atoms with van der Waals surface area (Å²) in [6.07, 6.45) is 6.20. The van der Waals surface area contributed by atoms with Gasteiger partial charge in [0.05, 0.1) is 28.3 Å². The number of alkyl halides is 2. The number of hydrogen-bond donors (Lipinski definition) is 2. The first-order valence-electron chi connectivity index (χ1n) is 13.9. The number of rotatable bonds is 7. The van der Waals surface area contributed by atoms with Crippen LogP contribution in [0.5, 0.6) is 0 Å². The van der Waals surface area contributed by atoms with Crippen LogP contribution in [0.15, 0.2) is 24.3 Å². The quantitative estimate of drug-likeness (QED) is 0.446. The highest BCUT2D eigenvalue weighted by atomic mass is 32.2. The van der Waals surface area contributed by atoms with Crippen molar-refractivity contribution in [1.82, 2.24) is 9.97 Å². The molecule has 6 rings (SSSR count). The van der Waals surface area contributed by atoms with Crippen LogP contribution in [0.1, 0.15) is 74.3 Å². The molecule has 11 heteroatoms. The van der Waals surface area contributed by atoms with E-state index in [9.17, 15) is 18.1 Å². The molecule has 39 heavy (non-hydrogen) atoms. The maximum atomic E-state index is 13.7. The highest BCUT2D eigenvalue weighted by Crippen LogP contribution is 2.54. The highest BCUT2D eigenvalue weighted by molar-refractivity contribution is 7.94. The number of aryl methyl sites for hydroxylation is 1. The number of nitrogens with zero attached hydrogens (tertiary/aromatic N) is 4. The molecular weight excluding hydrogens is 522 g/mol. The molecule has 4 aliphatic rings. The molecule has 2 aliphatic carbocycles. The second kappa shape index (κ2) is 9.76. The highest BCUT2D eigenvalue weighted by Gasteiger charge is 2.50. The number of aromatic nitrogens is 2. The van der Waals surface area contributed by atoms with Crippen LogP contribution in [0, 0.1) is 12.3 Å². The van der Waals surface area contributed by atoms with Crippen LogP contribution in [-0.4, -0.2) is 57.3 Å². The number of nitrogens with one attached hydrogen (secondary N) is 2. The summed E-state index contributed by atoms with van der Waals surface area (Å²) in [5.74, 6) is -2.27. The summed E-state index contributed by atoms with van der Waals surface area (Å²) in [5, 5.41) is 2.93. The molecule has 1 unspecified atom stereocenters. The monoisotopic (exact) mass is 558 g/mol. The van der Waals surface area contributed by atoms with E-state index in [-0.39, 0.29) is 36.6 Å². The number of piperidine rings is 2. The third kappa shape index (κ3) is 5.79. The van der Waals surface area contributed by atoms with Gasteiger partial charge in [-0.15, -0.1) is 0 Å². The summed E-state index contributed by atoms with van der Waals surface area (Å²) in [4.78, 5) is 26.6. The standard InChI is InChI=1S/C28H36F2N6O2S/c1-19-17-23(33-25(31-19)36-15-11-28(29,30)12-16-36)32-24(37)21-4-3-20(34-39(38)26(2)5-6-26)18-22(21)35-13-9-27(7-8-27)10-14-35/h3-4,17-18,34H,5-16H2,1-2H3,(H,31,32,33,37). The van der Waals surface area contributed by atoms with Crippen molar-refractivity contribution in [3.8, 4) is 0 Å². The van der Waals surface area contributed by atoms with Gasteiger partial charge in [-0.05, 0) is 63.1 Å². The van der Waals surface area contributed by atoms with Gasteiger partial charge in [0.25, 0.3) is 11.8 Å². The van der Waals surface area contributed by atoms with Crippen molar-refractivity contribution < 1.29 is 18.1 Å². The molecule has 8 nitrogen and oxygen atoms in total. The minimum Gasteiger partial charge on any atom is -0.593 e. The van der Waals surface area contributed by atoms with Crippen molar-refractivity contribution in [3.63, 3.8) is 0 Å². The van der Waals surface area contributed by atoms with Crippen molar-refractivity contribution in [3.05, 3.63) is 35.5 Å². The fourth-order valence-corrected chi connectivity index (χ4v) is 6.58. The first-order chi connectivity index (χ1) is 18.5. The largest absolute Gasteiger partial charge is 0.593 e. The van der Waals surface area contributed by atoms with Gasteiger partial charge in [-0.1, -0.05) is 0 Å². The van der Waals surface area contributed by atoms with E-state index < -0.39 is 17.3 Å². The van der Waals surface area contributed by atoms with Crippen LogP contribution in [0.25, 0.3) is 0 Å². The summed E-state index contributed by atoms with van der Waals surface area (Å²) < 4.78 is 43.1. The van der Waals surface area contributed by atoms with E-state index in [1.54, 1.807) is 30.0 Å². The molecule has 2 saturated heterocycles. The maximum absolute atomic E-state index is 13.7. The predicted molar refractivity (Wildman–Crippen MR) is 150 cm³/mol. The number of benzene rings is 1. The Kier molecular flexibility index (Phi) is 6.65. The fourth-order valence-electron chi connectivity index (χ4n) is 5.52. The molecule has 1 aromatic carbocycles. The normalized spacial score (nSPS) is 23.3. The molecule has 1 atom stereocenters. The zero-order chi connectivity index (χ0) is 27.4. The molecule has 0 radical (unpaired) electrons. The van der Waals surface area contributed by atoms with Gasteiger partial charge in [0.15, 0.2) is 0 Å². The lowest BCUT2D eigenvalue weighted by Gasteiger charge is -2.35. The average molecular weight is 559 g/mol. The number of halogens is 2. The lowest BCUT2D eigenvalue weighted by atomic mass is 9.93. The van der Waals surface area contributed by atoms with Gasteiger partial charge in [-0.25, -0.2) is 18.5 Å². The average Bonchev–Trinajstić information content (AvgIpc) is 3.83. The first-order valence-corrected chi connectivity index (χ1v) is 15.1. The second-order valence-corrected chi connectivity index (χ2v) is 13.8. The van der Waals surface area contributed by atoms with Gasteiger partial charge in [0.1, 0.15) is 10.6 Å². The van der Waals surface area contributed by atoms with Crippen LogP contribution in [0.3, 0.4) is 0 Å². The van der Waals surface area contributed by atoms with Crippen molar-refractivity contribution in [2.45, 2.75) is 75.9 Å². The molecule has 2 aromatic rings. The Labute approximate surface area is 231 Å². The predicted octanol–water partition coefficient (Wildman–Crippen LogP) is 5.28.